The molecule has 30 heavy (non-hydrogen) atoms. The quantitative estimate of drug-likeness (QED) is 0.706. The summed E-state index contributed by atoms with van der Waals surface area (Å²) in [7, 11) is 1.57. The van der Waals surface area contributed by atoms with E-state index in [-0.39, 0.29) is 24.7 Å². The number of para-hydroxylation sites is 1. The molecule has 0 bridgehead atoms. The number of morpholine rings is 1. The number of benzene rings is 2. The van der Waals surface area contributed by atoms with Crippen LogP contribution < -0.4 is 14.8 Å². The number of hydrogen-bond acceptors (Lipinski definition) is 5. The number of methoxy groups -OCH3 is 1. The van der Waals surface area contributed by atoms with E-state index in [0.717, 1.165) is 34.9 Å². The first kappa shape index (κ1) is 22.1. The van der Waals surface area contributed by atoms with Gasteiger partial charge in [0.1, 0.15) is 4.99 Å². The number of rotatable bonds is 6. The van der Waals surface area contributed by atoms with Gasteiger partial charge in [-0.25, -0.2) is 0 Å². The zero-order valence-corrected chi connectivity index (χ0v) is 18.6. The Morgan fingerprint density at radius 3 is 2.53 bits per heavy atom. The zero-order valence-electron chi connectivity index (χ0n) is 17.8. The van der Waals surface area contributed by atoms with Crippen molar-refractivity contribution in [2.45, 2.75) is 33.0 Å². The second-order valence-electron chi connectivity index (χ2n) is 7.48. The van der Waals surface area contributed by atoms with Crippen molar-refractivity contribution in [3.8, 4) is 11.5 Å². The molecule has 0 spiro atoms. The molecule has 1 saturated heterocycles. The second kappa shape index (κ2) is 9.91. The van der Waals surface area contributed by atoms with Gasteiger partial charge in [0.25, 0.3) is 5.91 Å². The third-order valence-electron chi connectivity index (χ3n) is 4.90. The Balaban J connectivity index is 1.64. The number of hydrogen-bond donors (Lipinski definition) is 1. The molecule has 1 fully saturated rings. The predicted molar refractivity (Wildman–Crippen MR) is 122 cm³/mol. The fourth-order valence-electron chi connectivity index (χ4n) is 3.49. The molecule has 1 heterocycles. The molecule has 2 atom stereocenters. The van der Waals surface area contributed by atoms with Crippen LogP contribution in [-0.4, -0.2) is 54.8 Å². The number of aryl methyl sites for hydroxylation is 1. The first-order valence-corrected chi connectivity index (χ1v) is 10.4. The number of nitrogens with one attached hydrogen (secondary N) is 1. The molecule has 1 amide bonds. The molecule has 0 unspecified atom stereocenters. The van der Waals surface area contributed by atoms with Gasteiger partial charge in [0.05, 0.1) is 19.3 Å². The summed E-state index contributed by atoms with van der Waals surface area (Å²) < 4.78 is 17.0. The molecule has 6 nitrogen and oxygen atoms in total. The summed E-state index contributed by atoms with van der Waals surface area (Å²) in [6.45, 7) is 7.42. The van der Waals surface area contributed by atoms with Gasteiger partial charge >= 0.3 is 0 Å². The van der Waals surface area contributed by atoms with Crippen molar-refractivity contribution < 1.29 is 19.0 Å². The standard InChI is InChI=1S/C23H28N2O4S/c1-15-7-5-6-8-19(15)24-22(26)14-28-20-10-9-18(11-21(20)27-4)23(30)25-12-16(2)29-17(3)13-25/h5-11,16-17H,12-14H2,1-4H3,(H,24,26)/t16-,17+. The number of ether oxygens (including phenoxy) is 3. The van der Waals surface area contributed by atoms with Crippen LogP contribution in [0.3, 0.4) is 0 Å². The summed E-state index contributed by atoms with van der Waals surface area (Å²) in [6.07, 6.45) is 0.255. The minimum absolute atomic E-state index is 0.118. The Bertz CT molecular complexity index is 908. The van der Waals surface area contributed by atoms with Crippen molar-refractivity contribution >= 4 is 28.8 Å². The summed E-state index contributed by atoms with van der Waals surface area (Å²) in [6, 6.07) is 13.1. The number of nitrogens with zero attached hydrogens (tertiary/aromatic N) is 1. The summed E-state index contributed by atoms with van der Waals surface area (Å²) in [5, 5.41) is 2.85. The third kappa shape index (κ3) is 5.49. The number of amides is 1. The fourth-order valence-corrected chi connectivity index (χ4v) is 3.76. The van der Waals surface area contributed by atoms with Gasteiger partial charge in [0.15, 0.2) is 18.1 Å². The molecule has 1 N–H and O–H groups in total. The number of carbonyl (C=O) groups excluding carboxylic acids is 1. The Labute approximate surface area is 183 Å². The van der Waals surface area contributed by atoms with Crippen LogP contribution in [0.4, 0.5) is 5.69 Å². The largest absolute Gasteiger partial charge is 0.493 e. The smallest absolute Gasteiger partial charge is 0.262 e. The molecule has 2 aromatic rings. The molecule has 1 aliphatic heterocycles. The van der Waals surface area contributed by atoms with Gasteiger partial charge in [-0.3, -0.25) is 4.79 Å². The van der Waals surface area contributed by atoms with Crippen molar-refractivity contribution in [2.24, 2.45) is 0 Å². The maximum atomic E-state index is 12.3. The first-order valence-electron chi connectivity index (χ1n) is 9.98. The lowest BCUT2D eigenvalue weighted by atomic mass is 10.1. The highest BCUT2D eigenvalue weighted by molar-refractivity contribution is 7.80. The molecular formula is C23H28N2O4S. The predicted octanol–water partition coefficient (Wildman–Crippen LogP) is 3.81. The normalized spacial score (nSPS) is 18.6. The van der Waals surface area contributed by atoms with Crippen molar-refractivity contribution in [2.75, 3.05) is 32.1 Å². The van der Waals surface area contributed by atoms with Crippen molar-refractivity contribution in [1.29, 1.82) is 0 Å². The average Bonchev–Trinajstić information content (AvgIpc) is 2.72. The maximum absolute atomic E-state index is 12.3. The maximum Gasteiger partial charge on any atom is 0.262 e. The van der Waals surface area contributed by atoms with Crippen LogP contribution in [0.5, 0.6) is 11.5 Å². The zero-order chi connectivity index (χ0) is 21.7. The minimum atomic E-state index is -0.234. The van der Waals surface area contributed by atoms with E-state index in [2.05, 4.69) is 10.2 Å². The second-order valence-corrected chi connectivity index (χ2v) is 7.87. The highest BCUT2D eigenvalue weighted by Gasteiger charge is 2.25. The van der Waals surface area contributed by atoms with Crippen LogP contribution in [0.2, 0.25) is 0 Å². The van der Waals surface area contributed by atoms with Gasteiger partial charge in [-0.15, -0.1) is 0 Å². The number of anilines is 1. The SMILES string of the molecule is COc1cc(C(=S)N2C[C@@H](C)O[C@@H](C)C2)ccc1OCC(=O)Nc1ccccc1C. The van der Waals surface area contributed by atoms with E-state index in [9.17, 15) is 4.79 Å². The molecular weight excluding hydrogens is 400 g/mol. The van der Waals surface area contributed by atoms with Crippen LogP contribution in [0.15, 0.2) is 42.5 Å². The van der Waals surface area contributed by atoms with Gasteiger partial charge in [-0.05, 0) is 50.6 Å². The van der Waals surface area contributed by atoms with Gasteiger partial charge in [0.2, 0.25) is 0 Å². The highest BCUT2D eigenvalue weighted by atomic mass is 32.1. The van der Waals surface area contributed by atoms with Crippen LogP contribution in [0, 0.1) is 6.92 Å². The molecule has 0 aliphatic carbocycles. The lowest BCUT2D eigenvalue weighted by molar-refractivity contribution is -0.118. The monoisotopic (exact) mass is 428 g/mol. The van der Waals surface area contributed by atoms with Crippen molar-refractivity contribution in [3.05, 3.63) is 53.6 Å². The van der Waals surface area contributed by atoms with E-state index >= 15 is 0 Å². The molecule has 1 aliphatic rings. The summed E-state index contributed by atoms with van der Waals surface area (Å²) in [4.78, 5) is 15.2. The van der Waals surface area contributed by atoms with Gasteiger partial charge in [0, 0.05) is 24.3 Å². The Morgan fingerprint density at radius 1 is 1.17 bits per heavy atom. The summed E-state index contributed by atoms with van der Waals surface area (Å²) >= 11 is 5.70. The molecule has 160 valence electrons. The average molecular weight is 429 g/mol. The highest BCUT2D eigenvalue weighted by Crippen LogP contribution is 2.29. The Hall–Kier alpha value is -2.64. The minimum Gasteiger partial charge on any atom is -0.493 e. The van der Waals surface area contributed by atoms with E-state index in [0.29, 0.717) is 11.5 Å². The lowest BCUT2D eigenvalue weighted by Gasteiger charge is -2.37. The van der Waals surface area contributed by atoms with Gasteiger partial charge in [-0.1, -0.05) is 30.4 Å². The third-order valence-corrected chi connectivity index (χ3v) is 5.39. The molecule has 0 saturated carbocycles. The van der Waals surface area contributed by atoms with E-state index < -0.39 is 0 Å². The summed E-state index contributed by atoms with van der Waals surface area (Å²) in [5.74, 6) is 0.794. The van der Waals surface area contributed by atoms with E-state index in [1.807, 2.05) is 57.2 Å². The molecule has 3 rings (SSSR count). The molecule has 7 heteroatoms. The topological polar surface area (TPSA) is 60.0 Å². The van der Waals surface area contributed by atoms with Crippen molar-refractivity contribution in [3.63, 3.8) is 0 Å². The van der Waals surface area contributed by atoms with Gasteiger partial charge in [-0.2, -0.15) is 0 Å². The first-order chi connectivity index (χ1) is 14.4. The molecule has 0 aromatic heterocycles. The van der Waals surface area contributed by atoms with Crippen LogP contribution in [-0.2, 0) is 9.53 Å². The summed E-state index contributed by atoms with van der Waals surface area (Å²) in [5.41, 5.74) is 2.64. The number of thiocarbonyl (C=S) groups is 1. The molecule has 2 aromatic carbocycles. The van der Waals surface area contributed by atoms with Crippen LogP contribution in [0.1, 0.15) is 25.0 Å². The van der Waals surface area contributed by atoms with Gasteiger partial charge < -0.3 is 24.4 Å². The van der Waals surface area contributed by atoms with E-state index in [4.69, 9.17) is 26.4 Å². The van der Waals surface area contributed by atoms with Crippen LogP contribution >= 0.6 is 12.2 Å². The lowest BCUT2D eigenvalue weighted by Crippen LogP contribution is -2.47. The number of carbonyl (C=O) groups is 1. The van der Waals surface area contributed by atoms with Crippen molar-refractivity contribution in [1.82, 2.24) is 4.90 Å². The molecule has 0 radical (unpaired) electrons. The Kier molecular flexibility index (Phi) is 7.29. The Morgan fingerprint density at radius 2 is 1.87 bits per heavy atom. The van der Waals surface area contributed by atoms with E-state index in [1.54, 1.807) is 13.2 Å². The fraction of sp³-hybridized carbons (Fsp3) is 0.391. The van der Waals surface area contributed by atoms with E-state index in [1.165, 1.54) is 0 Å². The van der Waals surface area contributed by atoms with Crippen LogP contribution in [0.25, 0.3) is 0 Å².